The van der Waals surface area contributed by atoms with Crippen LogP contribution in [-0.2, 0) is 0 Å². The van der Waals surface area contributed by atoms with E-state index in [2.05, 4.69) is 25.9 Å². The number of nitrogens with zero attached hydrogens (tertiary/aromatic N) is 2. The monoisotopic (exact) mass is 302 g/mol. The van der Waals surface area contributed by atoms with Crippen LogP contribution in [0.25, 0.3) is 0 Å². The Morgan fingerprint density at radius 3 is 2.81 bits per heavy atom. The second kappa shape index (κ2) is 4.76. The van der Waals surface area contributed by atoms with Gasteiger partial charge in [0.1, 0.15) is 0 Å². The lowest BCUT2D eigenvalue weighted by molar-refractivity contribution is 0.426. The molecule has 0 aliphatic rings. The summed E-state index contributed by atoms with van der Waals surface area (Å²) in [6.45, 7) is 0. The first kappa shape index (κ1) is 11.3. The highest BCUT2D eigenvalue weighted by Crippen LogP contribution is 2.25. The summed E-state index contributed by atoms with van der Waals surface area (Å²) < 4.78 is 19.3. The van der Waals surface area contributed by atoms with Crippen LogP contribution in [0.2, 0.25) is 5.28 Å². The fraction of sp³-hybridized carbons (Fsp3) is 0. The molecule has 0 aliphatic heterocycles. The number of benzene rings is 1. The molecule has 2 aromatic rings. The third-order valence-electron chi connectivity index (χ3n) is 1.71. The average Bonchev–Trinajstić information content (AvgIpc) is 2.22. The molecule has 6 heteroatoms. The molecule has 0 unspecified atom stereocenters. The van der Waals surface area contributed by atoms with Crippen molar-refractivity contribution in [3.8, 4) is 11.6 Å². The maximum atomic E-state index is 13.4. The molecule has 2 rings (SSSR count). The van der Waals surface area contributed by atoms with Gasteiger partial charge in [-0.1, -0.05) is 15.9 Å². The lowest BCUT2D eigenvalue weighted by Gasteiger charge is -2.05. The van der Waals surface area contributed by atoms with Crippen LogP contribution < -0.4 is 4.74 Å². The molecular weight excluding hydrogens is 298 g/mol. The summed E-state index contributed by atoms with van der Waals surface area (Å²) in [4.78, 5) is 7.48. The molecule has 0 saturated carbocycles. The van der Waals surface area contributed by atoms with E-state index in [4.69, 9.17) is 16.3 Å². The number of rotatable bonds is 2. The maximum absolute atomic E-state index is 13.4. The summed E-state index contributed by atoms with van der Waals surface area (Å²) >= 11 is 8.72. The number of hydrogen-bond donors (Lipinski definition) is 0. The third kappa shape index (κ3) is 2.68. The van der Waals surface area contributed by atoms with Crippen molar-refractivity contribution < 1.29 is 9.13 Å². The van der Waals surface area contributed by atoms with Crippen LogP contribution in [0.5, 0.6) is 11.6 Å². The van der Waals surface area contributed by atoms with Crippen LogP contribution in [0.15, 0.2) is 34.9 Å². The summed E-state index contributed by atoms with van der Waals surface area (Å²) in [7, 11) is 0. The topological polar surface area (TPSA) is 35.0 Å². The number of halogens is 3. The van der Waals surface area contributed by atoms with E-state index in [-0.39, 0.29) is 16.9 Å². The molecular formula is C10H5BrClFN2O. The van der Waals surface area contributed by atoms with E-state index >= 15 is 0 Å². The van der Waals surface area contributed by atoms with Gasteiger partial charge in [0.25, 0.3) is 0 Å². The molecule has 16 heavy (non-hydrogen) atoms. The van der Waals surface area contributed by atoms with Crippen LogP contribution in [-0.4, -0.2) is 9.97 Å². The van der Waals surface area contributed by atoms with Crippen molar-refractivity contribution in [1.29, 1.82) is 0 Å². The van der Waals surface area contributed by atoms with Crippen molar-refractivity contribution in [2.45, 2.75) is 0 Å². The van der Waals surface area contributed by atoms with E-state index in [1.807, 2.05) is 0 Å². The first-order chi connectivity index (χ1) is 7.65. The van der Waals surface area contributed by atoms with Gasteiger partial charge >= 0.3 is 0 Å². The largest absolute Gasteiger partial charge is 0.436 e. The summed E-state index contributed by atoms with van der Waals surface area (Å²) in [6, 6.07) is 5.96. The third-order valence-corrected chi connectivity index (χ3v) is 2.38. The van der Waals surface area contributed by atoms with Gasteiger partial charge in [0, 0.05) is 16.7 Å². The smallest absolute Gasteiger partial charge is 0.225 e. The van der Waals surface area contributed by atoms with Gasteiger partial charge in [0.2, 0.25) is 11.2 Å². The van der Waals surface area contributed by atoms with E-state index < -0.39 is 5.82 Å². The summed E-state index contributed by atoms with van der Waals surface area (Å²) in [5.41, 5.74) is 0. The molecule has 0 saturated heterocycles. The minimum Gasteiger partial charge on any atom is -0.436 e. The van der Waals surface area contributed by atoms with Gasteiger partial charge in [-0.25, -0.2) is 9.37 Å². The lowest BCUT2D eigenvalue weighted by atomic mass is 10.3. The first-order valence-corrected chi connectivity index (χ1v) is 5.44. The van der Waals surface area contributed by atoms with Gasteiger partial charge in [-0.2, -0.15) is 4.98 Å². The van der Waals surface area contributed by atoms with E-state index in [1.165, 1.54) is 24.4 Å². The van der Waals surface area contributed by atoms with E-state index in [0.29, 0.717) is 4.47 Å². The lowest BCUT2D eigenvalue weighted by Crippen LogP contribution is -1.92. The van der Waals surface area contributed by atoms with Gasteiger partial charge in [-0.15, -0.1) is 0 Å². The number of aromatic nitrogens is 2. The molecule has 0 aliphatic carbocycles. The van der Waals surface area contributed by atoms with E-state index in [1.54, 1.807) is 6.07 Å². The quantitative estimate of drug-likeness (QED) is 0.791. The van der Waals surface area contributed by atoms with Crippen molar-refractivity contribution in [1.82, 2.24) is 9.97 Å². The molecule has 3 nitrogen and oxygen atoms in total. The zero-order chi connectivity index (χ0) is 11.5. The standard InChI is InChI=1S/C10H5BrClFN2O/c11-6-1-2-8(7(13)5-6)16-9-3-4-14-10(12)15-9/h1-5H. The molecule has 0 bridgehead atoms. The molecule has 1 aromatic carbocycles. The Morgan fingerprint density at radius 1 is 1.31 bits per heavy atom. The molecule has 0 amide bonds. The Hall–Kier alpha value is -1.20. The highest BCUT2D eigenvalue weighted by atomic mass is 79.9. The van der Waals surface area contributed by atoms with Crippen LogP contribution in [0, 0.1) is 5.82 Å². The molecule has 1 aromatic heterocycles. The fourth-order valence-corrected chi connectivity index (χ4v) is 1.52. The van der Waals surface area contributed by atoms with Crippen LogP contribution in [0.4, 0.5) is 4.39 Å². The van der Waals surface area contributed by atoms with Crippen LogP contribution in [0.3, 0.4) is 0 Å². The minimum absolute atomic E-state index is 0.0509. The highest BCUT2D eigenvalue weighted by molar-refractivity contribution is 9.10. The molecule has 82 valence electrons. The van der Waals surface area contributed by atoms with Crippen molar-refractivity contribution in [2.24, 2.45) is 0 Å². The SMILES string of the molecule is Fc1cc(Br)ccc1Oc1ccnc(Cl)n1. The molecule has 1 heterocycles. The number of hydrogen-bond acceptors (Lipinski definition) is 3. The van der Waals surface area contributed by atoms with Gasteiger partial charge in [0.15, 0.2) is 11.6 Å². The molecule has 0 atom stereocenters. The van der Waals surface area contributed by atoms with Crippen molar-refractivity contribution in [2.75, 3.05) is 0 Å². The zero-order valence-corrected chi connectivity index (χ0v) is 10.2. The van der Waals surface area contributed by atoms with E-state index in [0.717, 1.165) is 0 Å². The second-order valence-corrected chi connectivity index (χ2v) is 4.09. The van der Waals surface area contributed by atoms with Gasteiger partial charge < -0.3 is 4.74 Å². The summed E-state index contributed by atoms with van der Waals surface area (Å²) in [6.07, 6.45) is 1.43. The fourth-order valence-electron chi connectivity index (χ4n) is 1.05. The van der Waals surface area contributed by atoms with Crippen molar-refractivity contribution >= 4 is 27.5 Å². The van der Waals surface area contributed by atoms with Gasteiger partial charge in [-0.05, 0) is 29.8 Å². The Bertz CT molecular complexity index is 524. The first-order valence-electron chi connectivity index (χ1n) is 4.26. The normalized spacial score (nSPS) is 10.2. The Balaban J connectivity index is 2.27. The summed E-state index contributed by atoms with van der Waals surface area (Å²) in [5.74, 6) is -0.205. The van der Waals surface area contributed by atoms with Gasteiger partial charge in [0.05, 0.1) is 0 Å². The highest BCUT2D eigenvalue weighted by Gasteiger charge is 2.06. The molecule has 0 fully saturated rings. The molecule has 0 radical (unpaired) electrons. The predicted molar refractivity (Wildman–Crippen MR) is 61.2 cm³/mol. The summed E-state index contributed by atoms with van der Waals surface area (Å²) in [5, 5.41) is 0.0509. The Kier molecular flexibility index (Phi) is 3.36. The average molecular weight is 304 g/mol. The molecule has 0 spiro atoms. The Labute approximate surface area is 104 Å². The van der Waals surface area contributed by atoms with Crippen LogP contribution in [0.1, 0.15) is 0 Å². The van der Waals surface area contributed by atoms with Crippen molar-refractivity contribution in [3.63, 3.8) is 0 Å². The van der Waals surface area contributed by atoms with E-state index in [9.17, 15) is 4.39 Å². The molecule has 0 N–H and O–H groups in total. The number of ether oxygens (including phenoxy) is 1. The van der Waals surface area contributed by atoms with Gasteiger partial charge in [-0.3, -0.25) is 0 Å². The predicted octanol–water partition coefficient (Wildman–Crippen LogP) is 3.82. The maximum Gasteiger partial charge on any atom is 0.225 e. The minimum atomic E-state index is -0.482. The van der Waals surface area contributed by atoms with Crippen LogP contribution >= 0.6 is 27.5 Å². The van der Waals surface area contributed by atoms with Crippen molar-refractivity contribution in [3.05, 3.63) is 46.0 Å². The second-order valence-electron chi connectivity index (χ2n) is 2.84. The Morgan fingerprint density at radius 2 is 2.12 bits per heavy atom. The zero-order valence-electron chi connectivity index (χ0n) is 7.82.